The highest BCUT2D eigenvalue weighted by Gasteiger charge is 2.15. The van der Waals surface area contributed by atoms with Crippen molar-refractivity contribution in [1.82, 2.24) is 0 Å². The van der Waals surface area contributed by atoms with Crippen molar-refractivity contribution in [1.29, 1.82) is 0 Å². The van der Waals surface area contributed by atoms with Crippen molar-refractivity contribution >= 4 is 39.7 Å². The quantitative estimate of drug-likeness (QED) is 0.681. The van der Waals surface area contributed by atoms with Crippen molar-refractivity contribution in [3.63, 3.8) is 0 Å². The van der Waals surface area contributed by atoms with Crippen LogP contribution in [0.4, 0.5) is 11.4 Å². The fourth-order valence-corrected chi connectivity index (χ4v) is 2.05. The average molecular weight is 338 g/mol. The third kappa shape index (κ3) is 6.30. The van der Waals surface area contributed by atoms with Gasteiger partial charge in [-0.1, -0.05) is 0 Å². The number of hydrogen-bond acceptors (Lipinski definition) is 5. The summed E-state index contributed by atoms with van der Waals surface area (Å²) in [5, 5.41) is 2.63. The highest BCUT2D eigenvalue weighted by atomic mass is 35.5. The van der Waals surface area contributed by atoms with Gasteiger partial charge in [-0.2, -0.15) is 0 Å². The molecule has 7 nitrogen and oxygen atoms in total. The van der Waals surface area contributed by atoms with Crippen LogP contribution in [0.15, 0.2) is 24.3 Å². The van der Waals surface area contributed by atoms with E-state index in [1.54, 1.807) is 31.2 Å². The third-order valence-electron chi connectivity index (χ3n) is 2.60. The zero-order chi connectivity index (χ0) is 15.2. The molecule has 0 saturated carbocycles. The molecule has 9 heteroatoms. The molecule has 120 valence electrons. The lowest BCUT2D eigenvalue weighted by molar-refractivity contribution is -0.125. The Labute approximate surface area is 130 Å². The maximum Gasteiger partial charge on any atom is 0.254 e. The number of carbonyl (C=O) groups excluding carboxylic acids is 1. The van der Waals surface area contributed by atoms with Gasteiger partial charge in [-0.25, -0.2) is 8.42 Å². The maximum atomic E-state index is 11.7. The van der Waals surface area contributed by atoms with Gasteiger partial charge in [-0.15, -0.1) is 12.4 Å². The first kappa shape index (κ1) is 19.7. The maximum absolute atomic E-state index is 11.7. The number of hydrogen-bond donors (Lipinski definition) is 3. The van der Waals surface area contributed by atoms with Gasteiger partial charge in [0.15, 0.2) is 0 Å². The molecular weight excluding hydrogens is 318 g/mol. The van der Waals surface area contributed by atoms with Gasteiger partial charge in [-0.05, 0) is 31.2 Å². The first-order valence-corrected chi connectivity index (χ1v) is 7.71. The van der Waals surface area contributed by atoms with Gasteiger partial charge in [0.25, 0.3) is 5.91 Å². The van der Waals surface area contributed by atoms with Gasteiger partial charge in [0.05, 0.1) is 5.75 Å². The van der Waals surface area contributed by atoms with Crippen molar-refractivity contribution in [3.05, 3.63) is 24.3 Å². The average Bonchev–Trinajstić information content (AvgIpc) is 2.42. The van der Waals surface area contributed by atoms with Gasteiger partial charge >= 0.3 is 0 Å². The van der Waals surface area contributed by atoms with E-state index in [0.29, 0.717) is 11.4 Å². The lowest BCUT2D eigenvalue weighted by Crippen LogP contribution is -2.35. The molecule has 1 amide bonds. The number of anilines is 2. The summed E-state index contributed by atoms with van der Waals surface area (Å²) in [6.45, 7) is 1.63. The van der Waals surface area contributed by atoms with Gasteiger partial charge < -0.3 is 15.8 Å². The summed E-state index contributed by atoms with van der Waals surface area (Å²) in [6, 6.07) is 6.31. The number of nitrogens with two attached hydrogens (primary N) is 1. The summed E-state index contributed by atoms with van der Waals surface area (Å²) in [5.41, 5.74) is 6.35. The number of rotatable bonds is 7. The van der Waals surface area contributed by atoms with Crippen molar-refractivity contribution in [2.24, 2.45) is 5.73 Å². The van der Waals surface area contributed by atoms with Crippen molar-refractivity contribution < 1.29 is 17.9 Å². The minimum atomic E-state index is -3.30. The van der Waals surface area contributed by atoms with E-state index in [4.69, 9.17) is 10.5 Å². The largest absolute Gasteiger partial charge is 0.370 e. The van der Waals surface area contributed by atoms with Crippen molar-refractivity contribution in [2.45, 2.75) is 13.0 Å². The molecule has 0 spiro atoms. The number of ether oxygens (including phenoxy) is 1. The third-order valence-corrected chi connectivity index (χ3v) is 3.90. The zero-order valence-corrected chi connectivity index (χ0v) is 13.5. The molecule has 0 radical (unpaired) electrons. The molecule has 0 aliphatic rings. The van der Waals surface area contributed by atoms with Crippen molar-refractivity contribution in [3.8, 4) is 0 Å². The van der Waals surface area contributed by atoms with Crippen LogP contribution in [-0.4, -0.2) is 39.8 Å². The second kappa shape index (κ2) is 8.83. The summed E-state index contributed by atoms with van der Waals surface area (Å²) < 4.78 is 30.1. The molecule has 1 atom stereocenters. The molecule has 0 aliphatic heterocycles. The highest BCUT2D eigenvalue weighted by molar-refractivity contribution is 7.92. The minimum Gasteiger partial charge on any atom is -0.370 e. The number of carbonyl (C=O) groups is 1. The topological polar surface area (TPSA) is 111 Å². The molecule has 0 aromatic heterocycles. The van der Waals surface area contributed by atoms with Crippen LogP contribution in [0.3, 0.4) is 0 Å². The SMILES string of the molecule is CCS(=O)(=O)Nc1ccc(NC(=O)C(CN)OC)cc1.Cl. The Hall–Kier alpha value is -1.35. The van der Waals surface area contributed by atoms with E-state index in [-0.39, 0.29) is 30.6 Å². The van der Waals surface area contributed by atoms with Crippen LogP contribution in [0.5, 0.6) is 0 Å². The van der Waals surface area contributed by atoms with Crippen LogP contribution >= 0.6 is 12.4 Å². The molecule has 0 fully saturated rings. The normalized spacial score (nSPS) is 12.1. The van der Waals surface area contributed by atoms with Crippen LogP contribution in [-0.2, 0) is 19.6 Å². The molecule has 0 bridgehead atoms. The first-order chi connectivity index (χ1) is 9.41. The fourth-order valence-electron chi connectivity index (χ4n) is 1.41. The van der Waals surface area contributed by atoms with Crippen LogP contribution < -0.4 is 15.8 Å². The van der Waals surface area contributed by atoms with E-state index in [0.717, 1.165) is 0 Å². The van der Waals surface area contributed by atoms with E-state index < -0.39 is 16.1 Å². The zero-order valence-electron chi connectivity index (χ0n) is 11.8. The van der Waals surface area contributed by atoms with Crippen LogP contribution in [0.2, 0.25) is 0 Å². The summed E-state index contributed by atoms with van der Waals surface area (Å²) in [7, 11) is -1.90. The Morgan fingerprint density at radius 1 is 1.29 bits per heavy atom. The predicted octanol–water partition coefficient (Wildman–Crippen LogP) is 0.782. The Morgan fingerprint density at radius 3 is 2.24 bits per heavy atom. The second-order valence-electron chi connectivity index (χ2n) is 4.03. The number of methoxy groups -OCH3 is 1. The number of amides is 1. The number of halogens is 1. The number of nitrogens with one attached hydrogen (secondary N) is 2. The molecule has 0 saturated heterocycles. The van der Waals surface area contributed by atoms with Gasteiger partial charge in [0.1, 0.15) is 6.10 Å². The molecule has 0 aliphatic carbocycles. The molecule has 21 heavy (non-hydrogen) atoms. The smallest absolute Gasteiger partial charge is 0.254 e. The molecule has 0 heterocycles. The number of sulfonamides is 1. The predicted molar refractivity (Wildman–Crippen MR) is 85.3 cm³/mol. The monoisotopic (exact) mass is 337 g/mol. The Bertz CT molecular complexity index is 544. The lowest BCUT2D eigenvalue weighted by Gasteiger charge is -2.13. The first-order valence-electron chi connectivity index (χ1n) is 6.06. The molecule has 1 aromatic rings. The summed E-state index contributed by atoms with van der Waals surface area (Å²) in [5.74, 6) is -0.353. The van der Waals surface area contributed by atoms with E-state index in [2.05, 4.69) is 10.0 Å². The fraction of sp³-hybridized carbons (Fsp3) is 0.417. The highest BCUT2D eigenvalue weighted by Crippen LogP contribution is 2.15. The van der Waals surface area contributed by atoms with Crippen LogP contribution in [0, 0.1) is 0 Å². The molecule has 4 N–H and O–H groups in total. The van der Waals surface area contributed by atoms with E-state index in [1.807, 2.05) is 0 Å². The second-order valence-corrected chi connectivity index (χ2v) is 6.04. The van der Waals surface area contributed by atoms with Gasteiger partial charge in [0.2, 0.25) is 10.0 Å². The standard InChI is InChI=1S/C12H19N3O4S.ClH/c1-3-20(17,18)15-10-6-4-9(5-7-10)14-12(16)11(8-13)19-2;/h4-7,11,15H,3,8,13H2,1-2H3,(H,14,16);1H. The number of benzene rings is 1. The summed E-state index contributed by atoms with van der Waals surface area (Å²) >= 11 is 0. The Kier molecular flexibility index (Phi) is 8.26. The summed E-state index contributed by atoms with van der Waals surface area (Å²) in [4.78, 5) is 11.7. The van der Waals surface area contributed by atoms with Crippen molar-refractivity contribution in [2.75, 3.05) is 29.4 Å². The van der Waals surface area contributed by atoms with E-state index >= 15 is 0 Å². The molecular formula is C12H20ClN3O4S. The lowest BCUT2D eigenvalue weighted by atomic mass is 10.2. The molecule has 1 aromatic carbocycles. The summed E-state index contributed by atoms with van der Waals surface area (Å²) in [6.07, 6.45) is -0.715. The van der Waals surface area contributed by atoms with Crippen LogP contribution in [0.25, 0.3) is 0 Å². The van der Waals surface area contributed by atoms with E-state index in [9.17, 15) is 13.2 Å². The van der Waals surface area contributed by atoms with E-state index in [1.165, 1.54) is 7.11 Å². The van der Waals surface area contributed by atoms with Gasteiger partial charge in [-0.3, -0.25) is 9.52 Å². The Morgan fingerprint density at radius 2 is 1.81 bits per heavy atom. The minimum absolute atomic E-state index is 0. The molecule has 1 unspecified atom stereocenters. The Balaban J connectivity index is 0.00000400. The van der Waals surface area contributed by atoms with Gasteiger partial charge in [0, 0.05) is 25.0 Å². The molecule has 1 rings (SSSR count). The van der Waals surface area contributed by atoms with Crippen LogP contribution in [0.1, 0.15) is 6.92 Å².